The quantitative estimate of drug-likeness (QED) is 0.750. The molecule has 0 saturated heterocycles. The Hall–Kier alpha value is -2.23. The van der Waals surface area contributed by atoms with Crippen LogP contribution in [0.25, 0.3) is 21.7 Å². The van der Waals surface area contributed by atoms with Crippen molar-refractivity contribution in [3.05, 3.63) is 52.1 Å². The Labute approximate surface area is 134 Å². The second kappa shape index (κ2) is 5.64. The zero-order chi connectivity index (χ0) is 14.8. The molecule has 0 radical (unpaired) electrons. The van der Waals surface area contributed by atoms with E-state index < -0.39 is 0 Å². The van der Waals surface area contributed by atoms with Gasteiger partial charge in [0.25, 0.3) is 0 Å². The molecule has 0 unspecified atom stereocenters. The zero-order valence-electron chi connectivity index (χ0n) is 10.7. The molecule has 0 saturated carbocycles. The fourth-order valence-electron chi connectivity index (χ4n) is 2.00. The summed E-state index contributed by atoms with van der Waals surface area (Å²) in [4.78, 5) is 9.30. The third-order valence-electron chi connectivity index (χ3n) is 2.97. The Kier molecular flexibility index (Phi) is 3.69. The van der Waals surface area contributed by atoms with E-state index in [0.717, 1.165) is 26.2 Å². The number of halogens is 1. The van der Waals surface area contributed by atoms with Crippen molar-refractivity contribution in [1.29, 1.82) is 5.26 Å². The van der Waals surface area contributed by atoms with Crippen LogP contribution in [0.1, 0.15) is 5.56 Å². The molecule has 0 aliphatic rings. The van der Waals surface area contributed by atoms with Crippen molar-refractivity contribution in [3.63, 3.8) is 0 Å². The molecule has 3 heterocycles. The number of rotatable bonds is 2. The highest BCUT2D eigenvalue weighted by atomic mass is 79.9. The van der Waals surface area contributed by atoms with E-state index >= 15 is 0 Å². The van der Waals surface area contributed by atoms with E-state index in [4.69, 9.17) is 5.73 Å². The number of nitrogens with two attached hydrogens (primary N) is 1. The summed E-state index contributed by atoms with van der Waals surface area (Å²) >= 11 is 4.98. The standard InChI is InChI=1S/C15H9BrN4S/c16-10-5-14(21-8-10)11-6-13(9-1-3-19-4-2-9)20-15(18)12(11)7-17/h1-6,8H,(H2,18,20). The van der Waals surface area contributed by atoms with E-state index in [0.29, 0.717) is 5.56 Å². The second-order valence-corrected chi connectivity index (χ2v) is 6.12. The van der Waals surface area contributed by atoms with Crippen LogP contribution in [-0.4, -0.2) is 9.97 Å². The van der Waals surface area contributed by atoms with Crippen LogP contribution in [0, 0.1) is 11.3 Å². The maximum Gasteiger partial charge on any atom is 0.142 e. The molecule has 21 heavy (non-hydrogen) atoms. The average molecular weight is 357 g/mol. The van der Waals surface area contributed by atoms with Crippen molar-refractivity contribution in [1.82, 2.24) is 9.97 Å². The number of pyridine rings is 2. The molecule has 4 nitrogen and oxygen atoms in total. The van der Waals surface area contributed by atoms with Gasteiger partial charge < -0.3 is 5.73 Å². The number of thiophene rings is 1. The molecule has 0 bridgehead atoms. The van der Waals surface area contributed by atoms with Gasteiger partial charge in [0.1, 0.15) is 17.5 Å². The Morgan fingerprint density at radius 3 is 2.62 bits per heavy atom. The summed E-state index contributed by atoms with van der Waals surface area (Å²) in [5, 5.41) is 11.3. The van der Waals surface area contributed by atoms with E-state index in [1.54, 1.807) is 23.7 Å². The van der Waals surface area contributed by atoms with Crippen molar-refractivity contribution < 1.29 is 0 Å². The van der Waals surface area contributed by atoms with Crippen LogP contribution in [0.15, 0.2) is 46.5 Å². The van der Waals surface area contributed by atoms with Gasteiger partial charge in [-0.25, -0.2) is 4.98 Å². The van der Waals surface area contributed by atoms with Crippen molar-refractivity contribution in [2.24, 2.45) is 0 Å². The maximum atomic E-state index is 9.34. The lowest BCUT2D eigenvalue weighted by atomic mass is 10.0. The Morgan fingerprint density at radius 1 is 1.24 bits per heavy atom. The Balaban J connectivity index is 2.23. The molecule has 0 atom stereocenters. The predicted octanol–water partition coefficient (Wildman–Crippen LogP) is 4.09. The average Bonchev–Trinajstić information content (AvgIpc) is 2.94. The first-order chi connectivity index (χ1) is 10.2. The molecule has 0 amide bonds. The highest BCUT2D eigenvalue weighted by Gasteiger charge is 2.14. The number of hydrogen-bond donors (Lipinski definition) is 1. The van der Waals surface area contributed by atoms with Gasteiger partial charge >= 0.3 is 0 Å². The summed E-state index contributed by atoms with van der Waals surface area (Å²) in [6, 6.07) is 9.73. The minimum absolute atomic E-state index is 0.242. The van der Waals surface area contributed by atoms with Crippen molar-refractivity contribution >= 4 is 33.1 Å². The molecular weight excluding hydrogens is 348 g/mol. The van der Waals surface area contributed by atoms with Crippen molar-refractivity contribution in [3.8, 4) is 27.8 Å². The number of nitrogen functional groups attached to an aromatic ring is 1. The number of nitriles is 1. The van der Waals surface area contributed by atoms with Crippen LogP contribution in [0.5, 0.6) is 0 Å². The molecule has 102 valence electrons. The molecule has 0 aliphatic carbocycles. The molecule has 0 spiro atoms. The van der Waals surface area contributed by atoms with E-state index in [-0.39, 0.29) is 5.82 Å². The first-order valence-electron chi connectivity index (χ1n) is 6.04. The van der Waals surface area contributed by atoms with Gasteiger partial charge in [-0.05, 0) is 40.2 Å². The molecule has 6 heteroatoms. The van der Waals surface area contributed by atoms with E-state index in [2.05, 4.69) is 32.0 Å². The summed E-state index contributed by atoms with van der Waals surface area (Å²) < 4.78 is 0.979. The van der Waals surface area contributed by atoms with Gasteiger partial charge in [-0.2, -0.15) is 5.26 Å². The molecule has 3 rings (SSSR count). The van der Waals surface area contributed by atoms with Crippen LogP contribution in [-0.2, 0) is 0 Å². The van der Waals surface area contributed by atoms with E-state index in [1.165, 1.54) is 0 Å². The van der Waals surface area contributed by atoms with E-state index in [1.807, 2.05) is 29.6 Å². The van der Waals surface area contributed by atoms with E-state index in [9.17, 15) is 5.26 Å². The Morgan fingerprint density at radius 2 is 2.00 bits per heavy atom. The maximum absolute atomic E-state index is 9.34. The number of hydrogen-bond acceptors (Lipinski definition) is 5. The lowest BCUT2D eigenvalue weighted by molar-refractivity contribution is 1.28. The van der Waals surface area contributed by atoms with Gasteiger partial charge in [-0.15, -0.1) is 11.3 Å². The first kappa shape index (κ1) is 13.7. The third-order valence-corrected chi connectivity index (χ3v) is 4.69. The van der Waals surface area contributed by atoms with Crippen molar-refractivity contribution in [2.75, 3.05) is 5.73 Å². The normalized spacial score (nSPS) is 10.3. The number of aromatic nitrogens is 2. The molecule has 3 aromatic rings. The molecule has 0 aliphatic heterocycles. The van der Waals surface area contributed by atoms with Gasteiger partial charge in [0.15, 0.2) is 0 Å². The smallest absolute Gasteiger partial charge is 0.142 e. The fraction of sp³-hybridized carbons (Fsp3) is 0. The van der Waals surface area contributed by atoms with Gasteiger partial charge in [-0.1, -0.05) is 0 Å². The summed E-state index contributed by atoms with van der Waals surface area (Å²) in [6.45, 7) is 0. The van der Waals surface area contributed by atoms with Crippen LogP contribution < -0.4 is 5.73 Å². The molecule has 3 aromatic heterocycles. The lowest BCUT2D eigenvalue weighted by Gasteiger charge is -2.08. The van der Waals surface area contributed by atoms with Crippen LogP contribution in [0.4, 0.5) is 5.82 Å². The van der Waals surface area contributed by atoms with Gasteiger partial charge in [-0.3, -0.25) is 4.98 Å². The van der Waals surface area contributed by atoms with Gasteiger partial charge in [0.05, 0.1) is 5.69 Å². The van der Waals surface area contributed by atoms with Gasteiger partial charge in [0.2, 0.25) is 0 Å². The predicted molar refractivity (Wildman–Crippen MR) is 87.6 cm³/mol. The monoisotopic (exact) mass is 356 g/mol. The van der Waals surface area contributed by atoms with Gasteiger partial charge in [0, 0.05) is 38.3 Å². The summed E-state index contributed by atoms with van der Waals surface area (Å²) in [6.07, 6.45) is 3.40. The summed E-state index contributed by atoms with van der Waals surface area (Å²) in [5.74, 6) is 0.242. The molecule has 2 N–H and O–H groups in total. The van der Waals surface area contributed by atoms with Crippen LogP contribution in [0.3, 0.4) is 0 Å². The first-order valence-corrected chi connectivity index (χ1v) is 7.71. The highest BCUT2D eigenvalue weighted by Crippen LogP contribution is 2.35. The van der Waals surface area contributed by atoms with Crippen molar-refractivity contribution in [2.45, 2.75) is 0 Å². The topological polar surface area (TPSA) is 75.6 Å². The largest absolute Gasteiger partial charge is 0.383 e. The number of nitrogens with zero attached hydrogens (tertiary/aromatic N) is 3. The lowest BCUT2D eigenvalue weighted by Crippen LogP contribution is -1.99. The summed E-state index contributed by atoms with van der Waals surface area (Å²) in [5.41, 5.74) is 8.81. The van der Waals surface area contributed by atoms with Crippen LogP contribution >= 0.6 is 27.3 Å². The molecule has 0 aromatic carbocycles. The fourth-order valence-corrected chi connectivity index (χ4v) is 3.45. The zero-order valence-corrected chi connectivity index (χ0v) is 13.1. The second-order valence-electron chi connectivity index (χ2n) is 4.29. The molecule has 0 fully saturated rings. The summed E-state index contributed by atoms with van der Waals surface area (Å²) in [7, 11) is 0. The minimum atomic E-state index is 0.242. The number of anilines is 1. The minimum Gasteiger partial charge on any atom is -0.383 e. The Bertz CT molecular complexity index is 837. The third kappa shape index (κ3) is 2.66. The molecular formula is C15H9BrN4S. The highest BCUT2D eigenvalue weighted by molar-refractivity contribution is 9.10. The SMILES string of the molecule is N#Cc1c(-c2cc(Br)cs2)cc(-c2ccncc2)nc1N. The van der Waals surface area contributed by atoms with Crippen LogP contribution in [0.2, 0.25) is 0 Å².